The first kappa shape index (κ1) is 11.7. The second kappa shape index (κ2) is 6.19. The summed E-state index contributed by atoms with van der Waals surface area (Å²) in [6, 6.07) is 6.02. The lowest BCUT2D eigenvalue weighted by atomic mass is 10.3. The third-order valence-electron chi connectivity index (χ3n) is 1.87. The quantitative estimate of drug-likeness (QED) is 0.573. The Balaban J connectivity index is 2.34. The summed E-state index contributed by atoms with van der Waals surface area (Å²) in [6.45, 7) is 7.06. The van der Waals surface area contributed by atoms with E-state index in [1.165, 1.54) is 12.1 Å². The molecule has 3 heteroatoms. The van der Waals surface area contributed by atoms with Gasteiger partial charge in [-0.15, -0.1) is 6.58 Å². The highest BCUT2D eigenvalue weighted by Gasteiger charge is 2.02. The zero-order chi connectivity index (χ0) is 11.1. The smallest absolute Gasteiger partial charge is 0.123 e. The average Bonchev–Trinajstić information content (AvgIpc) is 2.22. The minimum atomic E-state index is -0.250. The fourth-order valence-corrected chi connectivity index (χ4v) is 1.18. The molecule has 0 fully saturated rings. The Bertz CT molecular complexity index is 297. The second-order valence-electron chi connectivity index (χ2n) is 3.33. The molecule has 0 aliphatic carbocycles. The number of nitrogens with one attached hydrogen (secondary N) is 1. The molecule has 1 atom stereocenters. The number of ether oxygens (including phenoxy) is 1. The zero-order valence-electron chi connectivity index (χ0n) is 8.87. The van der Waals surface area contributed by atoms with Crippen molar-refractivity contribution in [3.63, 3.8) is 0 Å². The number of hydrogen-bond donors (Lipinski definition) is 1. The van der Waals surface area contributed by atoms with Crippen molar-refractivity contribution in [1.82, 2.24) is 5.32 Å². The molecule has 0 aromatic heterocycles. The van der Waals surface area contributed by atoms with E-state index in [0.717, 1.165) is 13.1 Å². The lowest BCUT2D eigenvalue weighted by Crippen LogP contribution is -2.28. The fourth-order valence-electron chi connectivity index (χ4n) is 1.18. The Morgan fingerprint density at radius 3 is 2.73 bits per heavy atom. The molecule has 1 aromatic carbocycles. The van der Waals surface area contributed by atoms with Gasteiger partial charge in [0.05, 0.1) is 0 Å². The Labute approximate surface area is 89.8 Å². The Morgan fingerprint density at radius 2 is 2.13 bits per heavy atom. The summed E-state index contributed by atoms with van der Waals surface area (Å²) in [7, 11) is 0. The third kappa shape index (κ3) is 4.61. The van der Waals surface area contributed by atoms with E-state index in [-0.39, 0.29) is 11.9 Å². The van der Waals surface area contributed by atoms with Crippen LogP contribution in [0.25, 0.3) is 0 Å². The van der Waals surface area contributed by atoms with Crippen LogP contribution in [-0.2, 0) is 0 Å². The van der Waals surface area contributed by atoms with Gasteiger partial charge in [-0.3, -0.25) is 0 Å². The lowest BCUT2D eigenvalue weighted by molar-refractivity contribution is 0.219. The van der Waals surface area contributed by atoms with Crippen LogP contribution in [0.15, 0.2) is 36.9 Å². The first-order chi connectivity index (χ1) is 7.22. The maximum absolute atomic E-state index is 12.6. The molecule has 0 bridgehead atoms. The van der Waals surface area contributed by atoms with E-state index in [4.69, 9.17) is 4.74 Å². The molecule has 0 aliphatic rings. The van der Waals surface area contributed by atoms with Crippen LogP contribution in [0.5, 0.6) is 5.75 Å². The van der Waals surface area contributed by atoms with Gasteiger partial charge in [-0.1, -0.05) is 6.08 Å². The molecule has 0 saturated carbocycles. The summed E-state index contributed by atoms with van der Waals surface area (Å²) in [6.07, 6.45) is 1.85. The molecule has 1 unspecified atom stereocenters. The van der Waals surface area contributed by atoms with Crippen LogP contribution in [0.2, 0.25) is 0 Å². The van der Waals surface area contributed by atoms with Crippen LogP contribution in [0, 0.1) is 5.82 Å². The summed E-state index contributed by atoms with van der Waals surface area (Å²) in [5, 5.41) is 3.15. The first-order valence-electron chi connectivity index (χ1n) is 4.96. The summed E-state index contributed by atoms with van der Waals surface area (Å²) >= 11 is 0. The normalized spacial score (nSPS) is 12.1. The summed E-state index contributed by atoms with van der Waals surface area (Å²) in [4.78, 5) is 0. The summed E-state index contributed by atoms with van der Waals surface area (Å²) < 4.78 is 18.1. The molecule has 1 rings (SSSR count). The van der Waals surface area contributed by atoms with Gasteiger partial charge >= 0.3 is 0 Å². The summed E-state index contributed by atoms with van der Waals surface area (Å²) in [5.74, 6) is 0.434. The molecule has 1 aromatic rings. The van der Waals surface area contributed by atoms with E-state index in [2.05, 4.69) is 11.9 Å². The SMILES string of the molecule is C=CCNCC(C)Oc1ccc(F)cc1. The van der Waals surface area contributed by atoms with Gasteiger partial charge in [0.1, 0.15) is 17.7 Å². The fraction of sp³-hybridized carbons (Fsp3) is 0.333. The average molecular weight is 209 g/mol. The van der Waals surface area contributed by atoms with Gasteiger partial charge in [0, 0.05) is 13.1 Å². The van der Waals surface area contributed by atoms with Gasteiger partial charge in [0.15, 0.2) is 0 Å². The molecule has 82 valence electrons. The van der Waals surface area contributed by atoms with Crippen molar-refractivity contribution in [3.05, 3.63) is 42.7 Å². The number of halogens is 1. The largest absolute Gasteiger partial charge is 0.489 e. The van der Waals surface area contributed by atoms with E-state index in [0.29, 0.717) is 5.75 Å². The predicted octanol–water partition coefficient (Wildman–Crippen LogP) is 2.37. The highest BCUT2D eigenvalue weighted by Crippen LogP contribution is 2.12. The summed E-state index contributed by atoms with van der Waals surface area (Å²) in [5.41, 5.74) is 0. The number of benzene rings is 1. The highest BCUT2D eigenvalue weighted by molar-refractivity contribution is 5.22. The van der Waals surface area contributed by atoms with Crippen molar-refractivity contribution in [2.45, 2.75) is 13.0 Å². The molecule has 0 saturated heterocycles. The molecular formula is C12H16FNO. The zero-order valence-corrected chi connectivity index (χ0v) is 8.87. The van der Waals surface area contributed by atoms with Gasteiger partial charge in [-0.25, -0.2) is 4.39 Å². The van der Waals surface area contributed by atoms with Crippen molar-refractivity contribution >= 4 is 0 Å². The molecule has 2 nitrogen and oxygen atoms in total. The molecule has 0 aliphatic heterocycles. The number of rotatable bonds is 6. The first-order valence-corrected chi connectivity index (χ1v) is 4.96. The lowest BCUT2D eigenvalue weighted by Gasteiger charge is -2.14. The standard InChI is InChI=1S/C12H16FNO/c1-3-8-14-9-10(2)15-12-6-4-11(13)5-7-12/h3-7,10,14H,1,8-9H2,2H3. The van der Waals surface area contributed by atoms with Crippen molar-refractivity contribution in [3.8, 4) is 5.75 Å². The second-order valence-corrected chi connectivity index (χ2v) is 3.33. The van der Waals surface area contributed by atoms with Crippen molar-refractivity contribution in [2.75, 3.05) is 13.1 Å². The van der Waals surface area contributed by atoms with Crippen molar-refractivity contribution < 1.29 is 9.13 Å². The molecular weight excluding hydrogens is 193 g/mol. The predicted molar refractivity (Wildman–Crippen MR) is 59.6 cm³/mol. The molecule has 15 heavy (non-hydrogen) atoms. The Kier molecular flexibility index (Phi) is 4.84. The van der Waals surface area contributed by atoms with Crippen LogP contribution in [0.4, 0.5) is 4.39 Å². The van der Waals surface area contributed by atoms with E-state index >= 15 is 0 Å². The van der Waals surface area contributed by atoms with Gasteiger partial charge in [-0.05, 0) is 31.2 Å². The van der Waals surface area contributed by atoms with Crippen LogP contribution in [0.3, 0.4) is 0 Å². The van der Waals surface area contributed by atoms with Crippen molar-refractivity contribution in [1.29, 1.82) is 0 Å². The van der Waals surface area contributed by atoms with E-state index in [1.54, 1.807) is 18.2 Å². The maximum atomic E-state index is 12.6. The topological polar surface area (TPSA) is 21.3 Å². The molecule has 0 amide bonds. The molecule has 0 radical (unpaired) electrons. The van der Waals surface area contributed by atoms with Crippen LogP contribution in [0.1, 0.15) is 6.92 Å². The number of hydrogen-bond acceptors (Lipinski definition) is 2. The van der Waals surface area contributed by atoms with Gasteiger partial charge in [0.25, 0.3) is 0 Å². The molecule has 0 spiro atoms. The highest BCUT2D eigenvalue weighted by atomic mass is 19.1. The van der Waals surface area contributed by atoms with Crippen molar-refractivity contribution in [2.24, 2.45) is 0 Å². The van der Waals surface area contributed by atoms with E-state index in [1.807, 2.05) is 6.92 Å². The Morgan fingerprint density at radius 1 is 1.47 bits per heavy atom. The van der Waals surface area contributed by atoms with E-state index in [9.17, 15) is 4.39 Å². The monoisotopic (exact) mass is 209 g/mol. The van der Waals surface area contributed by atoms with Gasteiger partial charge in [0.2, 0.25) is 0 Å². The molecule has 1 N–H and O–H groups in total. The van der Waals surface area contributed by atoms with Crippen LogP contribution < -0.4 is 10.1 Å². The van der Waals surface area contributed by atoms with Crippen LogP contribution >= 0.6 is 0 Å². The molecule has 0 heterocycles. The van der Waals surface area contributed by atoms with E-state index < -0.39 is 0 Å². The maximum Gasteiger partial charge on any atom is 0.123 e. The van der Waals surface area contributed by atoms with Crippen LogP contribution in [-0.4, -0.2) is 19.2 Å². The minimum Gasteiger partial charge on any atom is -0.489 e. The third-order valence-corrected chi connectivity index (χ3v) is 1.87. The minimum absolute atomic E-state index is 0.0513. The Hall–Kier alpha value is -1.35. The van der Waals surface area contributed by atoms with Gasteiger partial charge < -0.3 is 10.1 Å². The van der Waals surface area contributed by atoms with Gasteiger partial charge in [-0.2, -0.15) is 0 Å².